The standard InChI is InChI=1S/C21H15F2N3O3/c1-12(27)13-8-10-14(11-9-13)24-20(28)17-6-3-7-18(25-17)21(29)26-19-15(22)4-2-5-16(19)23/h2-11H,1H3,(H,24,28)(H,26,29). The molecule has 1 aromatic heterocycles. The van der Waals surface area contributed by atoms with Gasteiger partial charge in [0.1, 0.15) is 28.7 Å². The van der Waals surface area contributed by atoms with E-state index in [1.807, 2.05) is 0 Å². The number of carbonyl (C=O) groups is 3. The van der Waals surface area contributed by atoms with E-state index in [0.717, 1.165) is 12.1 Å². The van der Waals surface area contributed by atoms with Crippen LogP contribution in [-0.2, 0) is 0 Å². The number of Topliss-reactive ketones (excluding diaryl/α,β-unsaturated/α-hetero) is 1. The fourth-order valence-electron chi connectivity index (χ4n) is 2.47. The second-order valence-electron chi connectivity index (χ2n) is 6.05. The summed E-state index contributed by atoms with van der Waals surface area (Å²) in [6, 6.07) is 13.6. The van der Waals surface area contributed by atoms with Crippen molar-refractivity contribution < 1.29 is 23.2 Å². The number of pyridine rings is 1. The summed E-state index contributed by atoms with van der Waals surface area (Å²) < 4.78 is 27.4. The first-order valence-corrected chi connectivity index (χ1v) is 8.50. The lowest BCUT2D eigenvalue weighted by Crippen LogP contribution is -2.19. The van der Waals surface area contributed by atoms with E-state index < -0.39 is 29.1 Å². The smallest absolute Gasteiger partial charge is 0.274 e. The molecule has 0 spiro atoms. The number of hydrogen-bond donors (Lipinski definition) is 2. The Balaban J connectivity index is 1.75. The predicted molar refractivity (Wildman–Crippen MR) is 103 cm³/mol. The SMILES string of the molecule is CC(=O)c1ccc(NC(=O)c2cccc(C(=O)Nc3c(F)cccc3F)n2)cc1. The van der Waals surface area contributed by atoms with Gasteiger partial charge in [0.2, 0.25) is 0 Å². The third-order valence-corrected chi connectivity index (χ3v) is 3.96. The summed E-state index contributed by atoms with van der Waals surface area (Å²) in [5, 5.41) is 4.71. The molecule has 2 amide bonds. The second kappa shape index (κ2) is 8.39. The molecule has 0 atom stereocenters. The van der Waals surface area contributed by atoms with Gasteiger partial charge in [0.15, 0.2) is 5.78 Å². The molecule has 3 rings (SSSR count). The monoisotopic (exact) mass is 395 g/mol. The number of benzene rings is 2. The van der Waals surface area contributed by atoms with Gasteiger partial charge in [0.25, 0.3) is 11.8 Å². The number of carbonyl (C=O) groups excluding carboxylic acids is 3. The molecule has 146 valence electrons. The van der Waals surface area contributed by atoms with Crippen molar-refractivity contribution in [3.05, 3.63) is 89.2 Å². The molecule has 0 saturated heterocycles. The first-order chi connectivity index (χ1) is 13.8. The van der Waals surface area contributed by atoms with Gasteiger partial charge in [-0.2, -0.15) is 0 Å². The molecule has 2 N–H and O–H groups in total. The van der Waals surface area contributed by atoms with Crippen LogP contribution in [0.1, 0.15) is 38.3 Å². The molecule has 1 heterocycles. The van der Waals surface area contributed by atoms with Crippen molar-refractivity contribution in [2.45, 2.75) is 6.92 Å². The van der Waals surface area contributed by atoms with E-state index in [9.17, 15) is 23.2 Å². The van der Waals surface area contributed by atoms with Crippen molar-refractivity contribution in [2.24, 2.45) is 0 Å². The molecule has 3 aromatic rings. The zero-order valence-corrected chi connectivity index (χ0v) is 15.2. The van der Waals surface area contributed by atoms with Crippen molar-refractivity contribution in [2.75, 3.05) is 10.6 Å². The molecule has 0 saturated carbocycles. The molecule has 0 radical (unpaired) electrons. The number of para-hydroxylation sites is 1. The largest absolute Gasteiger partial charge is 0.321 e. The first-order valence-electron chi connectivity index (χ1n) is 8.50. The van der Waals surface area contributed by atoms with Crippen molar-refractivity contribution in [1.29, 1.82) is 0 Å². The van der Waals surface area contributed by atoms with Gasteiger partial charge in [-0.05, 0) is 55.5 Å². The van der Waals surface area contributed by atoms with E-state index in [0.29, 0.717) is 11.3 Å². The van der Waals surface area contributed by atoms with Crippen molar-refractivity contribution in [1.82, 2.24) is 4.98 Å². The molecule has 0 aliphatic heterocycles. The highest BCUT2D eigenvalue weighted by Gasteiger charge is 2.16. The Hall–Kier alpha value is -3.94. The molecule has 2 aromatic carbocycles. The van der Waals surface area contributed by atoms with Gasteiger partial charge in [0.05, 0.1) is 0 Å². The van der Waals surface area contributed by atoms with Gasteiger partial charge in [-0.15, -0.1) is 0 Å². The van der Waals surface area contributed by atoms with Crippen LogP contribution < -0.4 is 10.6 Å². The van der Waals surface area contributed by atoms with Gasteiger partial charge in [-0.25, -0.2) is 13.8 Å². The number of amides is 2. The van der Waals surface area contributed by atoms with Crippen LogP contribution in [0.2, 0.25) is 0 Å². The van der Waals surface area contributed by atoms with E-state index in [2.05, 4.69) is 15.6 Å². The number of aromatic nitrogens is 1. The van der Waals surface area contributed by atoms with Crippen LogP contribution in [0.15, 0.2) is 60.7 Å². The van der Waals surface area contributed by atoms with Gasteiger partial charge in [-0.3, -0.25) is 14.4 Å². The number of halogens is 2. The van der Waals surface area contributed by atoms with Crippen LogP contribution in [0.4, 0.5) is 20.2 Å². The van der Waals surface area contributed by atoms with Crippen LogP contribution in [-0.4, -0.2) is 22.6 Å². The topological polar surface area (TPSA) is 88.2 Å². The van der Waals surface area contributed by atoms with Crippen LogP contribution in [0.3, 0.4) is 0 Å². The van der Waals surface area contributed by atoms with Crippen LogP contribution >= 0.6 is 0 Å². The van der Waals surface area contributed by atoms with Crippen molar-refractivity contribution in [3.63, 3.8) is 0 Å². The average Bonchev–Trinajstić information content (AvgIpc) is 2.71. The first kappa shape index (κ1) is 19.8. The lowest BCUT2D eigenvalue weighted by Gasteiger charge is -2.09. The molecule has 0 fully saturated rings. The quantitative estimate of drug-likeness (QED) is 0.638. The summed E-state index contributed by atoms with van der Waals surface area (Å²) >= 11 is 0. The molecule has 6 nitrogen and oxygen atoms in total. The zero-order valence-electron chi connectivity index (χ0n) is 15.2. The predicted octanol–water partition coefficient (Wildman–Crippen LogP) is 4.07. The lowest BCUT2D eigenvalue weighted by molar-refractivity contribution is 0.100. The Kier molecular flexibility index (Phi) is 5.73. The minimum Gasteiger partial charge on any atom is -0.321 e. The summed E-state index contributed by atoms with van der Waals surface area (Å²) in [6.07, 6.45) is 0. The van der Waals surface area contributed by atoms with Crippen LogP contribution in [0.25, 0.3) is 0 Å². The van der Waals surface area contributed by atoms with E-state index in [1.54, 1.807) is 24.3 Å². The minimum atomic E-state index is -0.929. The maximum absolute atomic E-state index is 13.7. The molecule has 0 bridgehead atoms. The summed E-state index contributed by atoms with van der Waals surface area (Å²) in [5.41, 5.74) is 0.0829. The number of rotatable bonds is 5. The van der Waals surface area contributed by atoms with E-state index in [1.165, 1.54) is 31.2 Å². The van der Waals surface area contributed by atoms with E-state index in [-0.39, 0.29) is 17.2 Å². The van der Waals surface area contributed by atoms with Gasteiger partial charge >= 0.3 is 0 Å². The van der Waals surface area contributed by atoms with E-state index >= 15 is 0 Å². The summed E-state index contributed by atoms with van der Waals surface area (Å²) in [4.78, 5) is 39.9. The molecular weight excluding hydrogens is 380 g/mol. The maximum atomic E-state index is 13.7. The van der Waals surface area contributed by atoms with Crippen molar-refractivity contribution in [3.8, 4) is 0 Å². The van der Waals surface area contributed by atoms with E-state index in [4.69, 9.17) is 0 Å². The molecule has 8 heteroatoms. The average molecular weight is 395 g/mol. The van der Waals surface area contributed by atoms with Gasteiger partial charge in [-0.1, -0.05) is 12.1 Å². The normalized spacial score (nSPS) is 10.3. The highest BCUT2D eigenvalue weighted by atomic mass is 19.1. The highest BCUT2D eigenvalue weighted by molar-refractivity contribution is 6.06. The Bertz CT molecular complexity index is 1080. The third-order valence-electron chi connectivity index (χ3n) is 3.96. The second-order valence-corrected chi connectivity index (χ2v) is 6.05. The van der Waals surface area contributed by atoms with Crippen LogP contribution in [0.5, 0.6) is 0 Å². The Morgan fingerprint density at radius 2 is 1.28 bits per heavy atom. The molecular formula is C21H15F2N3O3. The number of hydrogen-bond acceptors (Lipinski definition) is 4. The minimum absolute atomic E-state index is 0.0673. The third kappa shape index (κ3) is 4.67. The van der Waals surface area contributed by atoms with Gasteiger partial charge < -0.3 is 10.6 Å². The molecule has 0 aliphatic rings. The Morgan fingerprint density at radius 1 is 0.759 bits per heavy atom. The molecule has 0 unspecified atom stereocenters. The van der Waals surface area contributed by atoms with Crippen molar-refractivity contribution >= 4 is 29.0 Å². The lowest BCUT2D eigenvalue weighted by atomic mass is 10.1. The Morgan fingerprint density at radius 3 is 1.83 bits per heavy atom. The van der Waals surface area contributed by atoms with Crippen LogP contribution in [0, 0.1) is 11.6 Å². The zero-order chi connectivity index (χ0) is 21.0. The Labute approximate surface area is 164 Å². The number of ketones is 1. The number of nitrogens with zero attached hydrogens (tertiary/aromatic N) is 1. The maximum Gasteiger partial charge on any atom is 0.274 e. The molecule has 0 aliphatic carbocycles. The number of anilines is 2. The summed E-state index contributed by atoms with van der Waals surface area (Å²) in [5.74, 6) is -3.42. The van der Waals surface area contributed by atoms with Gasteiger partial charge in [0, 0.05) is 11.3 Å². The summed E-state index contributed by atoms with van der Waals surface area (Å²) in [7, 11) is 0. The fourth-order valence-corrected chi connectivity index (χ4v) is 2.47. The summed E-state index contributed by atoms with van der Waals surface area (Å²) in [6.45, 7) is 1.43. The molecule has 29 heavy (non-hydrogen) atoms. The highest BCUT2D eigenvalue weighted by Crippen LogP contribution is 2.19. The fraction of sp³-hybridized carbons (Fsp3) is 0.0476. The number of nitrogens with one attached hydrogen (secondary N) is 2.